The molecule has 0 saturated carbocycles. The molecule has 1 aliphatic rings. The fourth-order valence-corrected chi connectivity index (χ4v) is 2.75. The molecule has 106 valence electrons. The zero-order valence-corrected chi connectivity index (χ0v) is 12.0. The van der Waals surface area contributed by atoms with Crippen molar-refractivity contribution < 1.29 is 5.11 Å². The fraction of sp³-hybridized carbons (Fsp3) is 0.625. The van der Waals surface area contributed by atoms with E-state index in [0.717, 1.165) is 19.4 Å². The number of phenolic OH excluding ortho intramolecular Hbond substituents is 1. The monoisotopic (exact) mass is 262 g/mol. The van der Waals surface area contributed by atoms with Crippen molar-refractivity contribution >= 4 is 0 Å². The molecule has 3 atom stereocenters. The summed E-state index contributed by atoms with van der Waals surface area (Å²) in [7, 11) is 0. The van der Waals surface area contributed by atoms with E-state index in [2.05, 4.69) is 18.7 Å². The van der Waals surface area contributed by atoms with E-state index in [9.17, 15) is 5.11 Å². The third-order valence-corrected chi connectivity index (χ3v) is 4.46. The molecule has 0 bridgehead atoms. The molecule has 3 unspecified atom stereocenters. The molecule has 1 aromatic carbocycles. The van der Waals surface area contributed by atoms with Crippen LogP contribution in [-0.4, -0.2) is 35.2 Å². The van der Waals surface area contributed by atoms with Gasteiger partial charge in [0.2, 0.25) is 0 Å². The molecule has 1 saturated heterocycles. The Labute approximate surface area is 116 Å². The Morgan fingerprint density at radius 1 is 1.37 bits per heavy atom. The van der Waals surface area contributed by atoms with Crippen LogP contribution in [0, 0.1) is 5.92 Å². The van der Waals surface area contributed by atoms with Crippen LogP contribution in [0.15, 0.2) is 24.3 Å². The van der Waals surface area contributed by atoms with Gasteiger partial charge >= 0.3 is 0 Å². The van der Waals surface area contributed by atoms with Gasteiger partial charge in [0.25, 0.3) is 0 Å². The highest BCUT2D eigenvalue weighted by atomic mass is 16.3. The first kappa shape index (κ1) is 14.4. The lowest BCUT2D eigenvalue weighted by atomic mass is 9.92. The van der Waals surface area contributed by atoms with Gasteiger partial charge in [0.1, 0.15) is 5.75 Å². The van der Waals surface area contributed by atoms with Crippen LogP contribution < -0.4 is 5.73 Å². The minimum absolute atomic E-state index is 0.324. The van der Waals surface area contributed by atoms with Gasteiger partial charge in [0.05, 0.1) is 0 Å². The van der Waals surface area contributed by atoms with E-state index >= 15 is 0 Å². The quantitative estimate of drug-likeness (QED) is 0.876. The Hall–Kier alpha value is -1.06. The highest BCUT2D eigenvalue weighted by molar-refractivity contribution is 5.25. The van der Waals surface area contributed by atoms with Crippen LogP contribution in [-0.2, 0) is 6.42 Å². The Kier molecular flexibility index (Phi) is 4.83. The number of hydrogen-bond acceptors (Lipinski definition) is 3. The predicted molar refractivity (Wildman–Crippen MR) is 79.2 cm³/mol. The topological polar surface area (TPSA) is 49.5 Å². The number of phenols is 1. The predicted octanol–water partition coefficient (Wildman–Crippen LogP) is 2.38. The van der Waals surface area contributed by atoms with Gasteiger partial charge in [0, 0.05) is 18.6 Å². The summed E-state index contributed by atoms with van der Waals surface area (Å²) in [5.41, 5.74) is 7.45. The lowest BCUT2D eigenvalue weighted by Gasteiger charge is -2.38. The second-order valence-electron chi connectivity index (χ2n) is 5.98. The molecule has 0 aromatic heterocycles. The second-order valence-corrected chi connectivity index (χ2v) is 5.98. The van der Waals surface area contributed by atoms with Crippen LogP contribution in [0.5, 0.6) is 5.75 Å². The molecule has 3 nitrogen and oxygen atoms in total. The average molecular weight is 262 g/mol. The molecule has 1 aliphatic heterocycles. The SMILES string of the molecule is CC1CCN(C(C)CCc2ccc(O)cc2)CC1N. The lowest BCUT2D eigenvalue weighted by Crippen LogP contribution is -2.50. The van der Waals surface area contributed by atoms with E-state index in [0.29, 0.717) is 23.8 Å². The first-order valence-corrected chi connectivity index (χ1v) is 7.34. The molecule has 0 spiro atoms. The first-order chi connectivity index (χ1) is 9.06. The van der Waals surface area contributed by atoms with Gasteiger partial charge < -0.3 is 10.8 Å². The Morgan fingerprint density at radius 3 is 2.68 bits per heavy atom. The number of aryl methyl sites for hydroxylation is 1. The minimum atomic E-state index is 0.324. The van der Waals surface area contributed by atoms with Crippen LogP contribution in [0.4, 0.5) is 0 Å². The Morgan fingerprint density at radius 2 is 2.05 bits per heavy atom. The summed E-state index contributed by atoms with van der Waals surface area (Å²) in [6, 6.07) is 8.44. The third-order valence-electron chi connectivity index (χ3n) is 4.46. The summed E-state index contributed by atoms with van der Waals surface area (Å²) in [6.45, 7) is 6.75. The van der Waals surface area contributed by atoms with Crippen LogP contribution >= 0.6 is 0 Å². The molecule has 3 N–H and O–H groups in total. The third kappa shape index (κ3) is 3.95. The lowest BCUT2D eigenvalue weighted by molar-refractivity contribution is 0.123. The van der Waals surface area contributed by atoms with E-state index in [4.69, 9.17) is 5.73 Å². The van der Waals surface area contributed by atoms with Crippen molar-refractivity contribution in [3.05, 3.63) is 29.8 Å². The Balaban J connectivity index is 1.81. The van der Waals surface area contributed by atoms with Gasteiger partial charge in [-0.3, -0.25) is 4.90 Å². The number of rotatable bonds is 4. The first-order valence-electron chi connectivity index (χ1n) is 7.34. The maximum Gasteiger partial charge on any atom is 0.115 e. The van der Waals surface area contributed by atoms with Gasteiger partial charge in [-0.25, -0.2) is 0 Å². The van der Waals surface area contributed by atoms with Crippen LogP contribution in [0.25, 0.3) is 0 Å². The van der Waals surface area contributed by atoms with Crippen molar-refractivity contribution in [3.63, 3.8) is 0 Å². The summed E-state index contributed by atoms with van der Waals surface area (Å²) in [5, 5.41) is 9.27. The molecular weight excluding hydrogens is 236 g/mol. The van der Waals surface area contributed by atoms with Crippen molar-refractivity contribution in [1.82, 2.24) is 4.90 Å². The second kappa shape index (κ2) is 6.40. The molecule has 19 heavy (non-hydrogen) atoms. The average Bonchev–Trinajstić information content (AvgIpc) is 2.41. The normalized spacial score (nSPS) is 26.3. The van der Waals surface area contributed by atoms with E-state index in [-0.39, 0.29) is 0 Å². The van der Waals surface area contributed by atoms with Crippen molar-refractivity contribution in [2.45, 2.75) is 45.2 Å². The summed E-state index contributed by atoms with van der Waals surface area (Å²) in [6.07, 6.45) is 3.42. The van der Waals surface area contributed by atoms with E-state index in [1.54, 1.807) is 12.1 Å². The minimum Gasteiger partial charge on any atom is -0.508 e. The van der Waals surface area contributed by atoms with Crippen molar-refractivity contribution in [3.8, 4) is 5.75 Å². The van der Waals surface area contributed by atoms with Gasteiger partial charge in [-0.15, -0.1) is 0 Å². The number of aromatic hydroxyl groups is 1. The van der Waals surface area contributed by atoms with Gasteiger partial charge in [-0.05, 0) is 56.3 Å². The van der Waals surface area contributed by atoms with Gasteiger partial charge in [-0.1, -0.05) is 19.1 Å². The van der Waals surface area contributed by atoms with E-state index < -0.39 is 0 Å². The number of nitrogens with zero attached hydrogens (tertiary/aromatic N) is 1. The molecule has 1 aromatic rings. The molecule has 1 heterocycles. The van der Waals surface area contributed by atoms with Crippen LogP contribution in [0.3, 0.4) is 0 Å². The highest BCUT2D eigenvalue weighted by Gasteiger charge is 2.25. The number of likely N-dealkylation sites (tertiary alicyclic amines) is 1. The largest absolute Gasteiger partial charge is 0.508 e. The zero-order chi connectivity index (χ0) is 13.8. The smallest absolute Gasteiger partial charge is 0.115 e. The molecule has 0 radical (unpaired) electrons. The summed E-state index contributed by atoms with van der Waals surface area (Å²) in [4.78, 5) is 2.52. The molecule has 0 amide bonds. The van der Waals surface area contributed by atoms with Gasteiger partial charge in [-0.2, -0.15) is 0 Å². The zero-order valence-electron chi connectivity index (χ0n) is 12.0. The Bertz CT molecular complexity index is 390. The summed E-state index contributed by atoms with van der Waals surface area (Å²) < 4.78 is 0. The molecule has 2 rings (SSSR count). The standard InChI is InChI=1S/C16H26N2O/c1-12-9-10-18(11-16(12)17)13(2)3-4-14-5-7-15(19)8-6-14/h5-8,12-13,16,19H,3-4,9-11,17H2,1-2H3. The summed E-state index contributed by atoms with van der Waals surface area (Å²) in [5.74, 6) is 0.994. The number of nitrogens with two attached hydrogens (primary N) is 1. The van der Waals surface area contributed by atoms with Crippen molar-refractivity contribution in [2.24, 2.45) is 11.7 Å². The van der Waals surface area contributed by atoms with Gasteiger partial charge in [0.15, 0.2) is 0 Å². The molecule has 3 heteroatoms. The van der Waals surface area contributed by atoms with Crippen LogP contribution in [0.1, 0.15) is 32.3 Å². The summed E-state index contributed by atoms with van der Waals surface area (Å²) >= 11 is 0. The maximum absolute atomic E-state index is 9.27. The number of piperidine rings is 1. The molecule has 1 fully saturated rings. The van der Waals surface area contributed by atoms with Crippen LogP contribution in [0.2, 0.25) is 0 Å². The number of hydrogen-bond donors (Lipinski definition) is 2. The fourth-order valence-electron chi connectivity index (χ4n) is 2.75. The molecule has 0 aliphatic carbocycles. The highest BCUT2D eigenvalue weighted by Crippen LogP contribution is 2.20. The molecular formula is C16H26N2O. The van der Waals surface area contributed by atoms with Crippen molar-refractivity contribution in [1.29, 1.82) is 0 Å². The van der Waals surface area contributed by atoms with E-state index in [1.807, 2.05) is 12.1 Å². The maximum atomic E-state index is 9.27. The van der Waals surface area contributed by atoms with E-state index in [1.165, 1.54) is 18.5 Å². The van der Waals surface area contributed by atoms with Crippen molar-refractivity contribution in [2.75, 3.05) is 13.1 Å². The number of benzene rings is 1.